The minimum absolute atomic E-state index is 0.113. The number of para-hydroxylation sites is 1. The molecule has 1 amide bonds. The zero-order chi connectivity index (χ0) is 21.0. The fourth-order valence-electron chi connectivity index (χ4n) is 3.68. The number of amidine groups is 1. The van der Waals surface area contributed by atoms with Crippen molar-refractivity contribution in [3.63, 3.8) is 0 Å². The zero-order valence-electron chi connectivity index (χ0n) is 15.7. The largest absolute Gasteiger partial charge is 0.383 e. The van der Waals surface area contributed by atoms with Crippen LogP contribution in [0.5, 0.6) is 0 Å². The van der Waals surface area contributed by atoms with Crippen molar-refractivity contribution in [2.24, 2.45) is 10.9 Å². The quantitative estimate of drug-likeness (QED) is 0.607. The standard InChI is InChI=1S/C19H15BrFN7OS/c1-9-7-30-18-13(9)19(29)28(11-5-3-2-4-10(11)21)12(25-18)6-27-17-14(15(20)26-27)16(22)23-8-24-17/h2-5,7-8,13,18H,6H2,1H3,(H2,22,23,24). The number of thioether (sulfide) groups is 1. The van der Waals surface area contributed by atoms with Crippen LogP contribution in [0.15, 0.2) is 51.2 Å². The number of nitrogens with two attached hydrogens (primary N) is 1. The lowest BCUT2D eigenvalue weighted by Gasteiger charge is -2.34. The number of carbonyl (C=O) groups is 1. The van der Waals surface area contributed by atoms with Crippen molar-refractivity contribution in [3.8, 4) is 0 Å². The van der Waals surface area contributed by atoms with Gasteiger partial charge < -0.3 is 5.73 Å². The number of hydrogen-bond acceptors (Lipinski definition) is 7. The summed E-state index contributed by atoms with van der Waals surface area (Å²) in [5, 5.41) is 6.67. The van der Waals surface area contributed by atoms with Gasteiger partial charge in [0.25, 0.3) is 0 Å². The van der Waals surface area contributed by atoms with E-state index in [4.69, 9.17) is 10.7 Å². The first-order chi connectivity index (χ1) is 14.5. The third-order valence-electron chi connectivity index (χ3n) is 5.09. The molecule has 0 radical (unpaired) electrons. The number of amides is 1. The van der Waals surface area contributed by atoms with Crippen LogP contribution in [0.4, 0.5) is 15.9 Å². The summed E-state index contributed by atoms with van der Waals surface area (Å²) < 4.78 is 16.7. The van der Waals surface area contributed by atoms with Crippen LogP contribution in [-0.4, -0.2) is 36.9 Å². The van der Waals surface area contributed by atoms with Gasteiger partial charge in [0.15, 0.2) is 5.65 Å². The van der Waals surface area contributed by atoms with E-state index in [1.807, 2.05) is 12.3 Å². The Kier molecular flexibility index (Phi) is 4.58. The third-order valence-corrected chi connectivity index (χ3v) is 6.81. The van der Waals surface area contributed by atoms with Gasteiger partial charge in [0, 0.05) is 0 Å². The predicted octanol–water partition coefficient (Wildman–Crippen LogP) is 3.35. The number of aromatic nitrogens is 4. The summed E-state index contributed by atoms with van der Waals surface area (Å²) in [5.74, 6) is -0.452. The highest BCUT2D eigenvalue weighted by molar-refractivity contribution is 9.10. The molecule has 8 nitrogen and oxygen atoms in total. The molecule has 2 unspecified atom stereocenters. The Hall–Kier alpha value is -2.79. The van der Waals surface area contributed by atoms with E-state index in [0.29, 0.717) is 21.5 Å². The molecule has 1 aromatic carbocycles. The summed E-state index contributed by atoms with van der Waals surface area (Å²) >= 11 is 4.87. The van der Waals surface area contributed by atoms with Crippen molar-refractivity contribution in [2.45, 2.75) is 18.8 Å². The molecule has 30 heavy (non-hydrogen) atoms. The van der Waals surface area contributed by atoms with Crippen molar-refractivity contribution in [2.75, 3.05) is 10.6 Å². The summed E-state index contributed by atoms with van der Waals surface area (Å²) in [4.78, 5) is 27.8. The minimum Gasteiger partial charge on any atom is -0.383 e. The van der Waals surface area contributed by atoms with Gasteiger partial charge >= 0.3 is 0 Å². The van der Waals surface area contributed by atoms with E-state index >= 15 is 0 Å². The number of aliphatic imine (C=N–C) groups is 1. The van der Waals surface area contributed by atoms with Gasteiger partial charge in [-0.3, -0.25) is 14.7 Å². The molecule has 0 fully saturated rings. The summed E-state index contributed by atoms with van der Waals surface area (Å²) in [6.45, 7) is 2.01. The van der Waals surface area contributed by atoms with Crippen LogP contribution in [0.3, 0.4) is 0 Å². The second-order valence-electron chi connectivity index (χ2n) is 6.94. The van der Waals surface area contributed by atoms with Gasteiger partial charge in [0.05, 0.1) is 17.0 Å². The Balaban J connectivity index is 1.64. The molecule has 0 saturated heterocycles. The Morgan fingerprint density at radius 2 is 2.10 bits per heavy atom. The molecule has 0 spiro atoms. The topological polar surface area (TPSA) is 102 Å². The van der Waals surface area contributed by atoms with Gasteiger partial charge in [0.1, 0.15) is 40.3 Å². The average Bonchev–Trinajstić information content (AvgIpc) is 3.24. The first-order valence-electron chi connectivity index (χ1n) is 9.05. The number of anilines is 2. The summed E-state index contributed by atoms with van der Waals surface area (Å²) in [7, 11) is 0. The summed E-state index contributed by atoms with van der Waals surface area (Å²) in [6.07, 6.45) is 1.35. The van der Waals surface area contributed by atoms with Gasteiger partial charge in [-0.25, -0.2) is 19.0 Å². The lowest BCUT2D eigenvalue weighted by atomic mass is 9.98. The van der Waals surface area contributed by atoms with E-state index in [0.717, 1.165) is 5.57 Å². The molecule has 2 aliphatic heterocycles. The second-order valence-corrected chi connectivity index (χ2v) is 8.68. The number of nitrogens with zero attached hydrogens (tertiary/aromatic N) is 6. The molecule has 2 N–H and O–H groups in total. The maximum Gasteiger partial charge on any atom is 0.242 e. The predicted molar refractivity (Wildman–Crippen MR) is 117 cm³/mol. The highest BCUT2D eigenvalue weighted by Crippen LogP contribution is 2.41. The monoisotopic (exact) mass is 487 g/mol. The highest BCUT2D eigenvalue weighted by atomic mass is 79.9. The SMILES string of the molecule is CC1=CSC2N=C(Cn3nc(Br)c4c(N)ncnc43)N(c3ccccc3F)C(=O)C12. The molecule has 5 rings (SSSR count). The smallest absolute Gasteiger partial charge is 0.242 e. The number of carbonyl (C=O) groups excluding carboxylic acids is 1. The highest BCUT2D eigenvalue weighted by Gasteiger charge is 2.43. The van der Waals surface area contributed by atoms with Gasteiger partial charge in [-0.2, -0.15) is 5.10 Å². The molecule has 3 aromatic rings. The Bertz CT molecular complexity index is 1260. The molecular weight excluding hydrogens is 473 g/mol. The van der Waals surface area contributed by atoms with E-state index in [-0.39, 0.29) is 29.3 Å². The van der Waals surface area contributed by atoms with Crippen LogP contribution >= 0.6 is 27.7 Å². The minimum atomic E-state index is -0.498. The van der Waals surface area contributed by atoms with E-state index in [9.17, 15) is 9.18 Å². The van der Waals surface area contributed by atoms with Crippen LogP contribution < -0.4 is 10.6 Å². The molecule has 2 aliphatic rings. The van der Waals surface area contributed by atoms with Crippen LogP contribution in [-0.2, 0) is 11.3 Å². The average molecular weight is 488 g/mol. The van der Waals surface area contributed by atoms with Crippen LogP contribution in [0.1, 0.15) is 6.92 Å². The number of hydrogen-bond donors (Lipinski definition) is 1. The molecule has 0 aliphatic carbocycles. The van der Waals surface area contributed by atoms with E-state index in [2.05, 4.69) is 31.0 Å². The van der Waals surface area contributed by atoms with Gasteiger partial charge in [-0.15, -0.1) is 11.8 Å². The first-order valence-corrected chi connectivity index (χ1v) is 10.8. The number of benzene rings is 1. The summed E-state index contributed by atoms with van der Waals surface area (Å²) in [5.41, 5.74) is 7.54. The van der Waals surface area contributed by atoms with E-state index in [1.165, 1.54) is 29.1 Å². The molecule has 152 valence electrons. The van der Waals surface area contributed by atoms with Crippen molar-refractivity contribution in [1.29, 1.82) is 0 Å². The third kappa shape index (κ3) is 2.91. The fourth-order valence-corrected chi connectivity index (χ4v) is 5.42. The Labute approximate surface area is 183 Å². The molecule has 11 heteroatoms. The summed E-state index contributed by atoms with van der Waals surface area (Å²) in [6, 6.07) is 6.17. The lowest BCUT2D eigenvalue weighted by Crippen LogP contribution is -2.49. The molecule has 0 bridgehead atoms. The molecule has 4 heterocycles. The van der Waals surface area contributed by atoms with E-state index in [1.54, 1.807) is 22.9 Å². The second kappa shape index (κ2) is 7.17. The number of rotatable bonds is 3. The van der Waals surface area contributed by atoms with Crippen molar-refractivity contribution < 1.29 is 9.18 Å². The van der Waals surface area contributed by atoms with E-state index < -0.39 is 11.7 Å². The fraction of sp³-hybridized carbons (Fsp3) is 0.211. The Morgan fingerprint density at radius 3 is 2.90 bits per heavy atom. The molecular formula is C19H15BrFN7OS. The van der Waals surface area contributed by atoms with Crippen LogP contribution in [0.25, 0.3) is 11.0 Å². The maximum absolute atomic E-state index is 14.7. The van der Waals surface area contributed by atoms with Gasteiger partial charge in [0.2, 0.25) is 5.91 Å². The van der Waals surface area contributed by atoms with Crippen LogP contribution in [0.2, 0.25) is 0 Å². The maximum atomic E-state index is 14.7. The van der Waals surface area contributed by atoms with Gasteiger partial charge in [-0.1, -0.05) is 17.7 Å². The van der Waals surface area contributed by atoms with Crippen molar-refractivity contribution in [1.82, 2.24) is 19.7 Å². The number of nitrogen functional groups attached to an aromatic ring is 1. The normalized spacial score (nSPS) is 21.0. The first kappa shape index (κ1) is 19.2. The zero-order valence-corrected chi connectivity index (χ0v) is 18.1. The van der Waals surface area contributed by atoms with Gasteiger partial charge in [-0.05, 0) is 40.4 Å². The van der Waals surface area contributed by atoms with Crippen LogP contribution in [0, 0.1) is 11.7 Å². The number of halogens is 2. The lowest BCUT2D eigenvalue weighted by molar-refractivity contribution is -0.120. The Morgan fingerprint density at radius 1 is 1.30 bits per heavy atom. The van der Waals surface area contributed by atoms with Crippen molar-refractivity contribution in [3.05, 3.63) is 52.0 Å². The molecule has 0 saturated carbocycles. The molecule has 2 aromatic heterocycles. The number of fused-ring (bicyclic) bond motifs is 2. The molecule has 2 atom stereocenters. The van der Waals surface area contributed by atoms with Crippen molar-refractivity contribution >= 4 is 62.0 Å².